The standard InChI is InChI=1S/C25H27F2NO3/c1-2-3-4-17-5-7-18(8-6-17)16-30-20-11-12-22(24(27)13-20)25(29)31-21-10-9-19(15-28)23(26)14-21/h9-14,17-18H,2-8,16H2,1H3. The molecule has 1 saturated carbocycles. The van der Waals surface area contributed by atoms with Gasteiger partial charge in [-0.15, -0.1) is 0 Å². The zero-order valence-electron chi connectivity index (χ0n) is 17.7. The molecule has 0 N–H and O–H groups in total. The van der Waals surface area contributed by atoms with Gasteiger partial charge in [0.2, 0.25) is 0 Å². The molecule has 0 aliphatic heterocycles. The van der Waals surface area contributed by atoms with Crippen LogP contribution in [0.25, 0.3) is 0 Å². The van der Waals surface area contributed by atoms with Crippen LogP contribution in [0.15, 0.2) is 36.4 Å². The number of nitriles is 1. The summed E-state index contributed by atoms with van der Waals surface area (Å²) in [5.74, 6) is -0.961. The highest BCUT2D eigenvalue weighted by Gasteiger charge is 2.22. The quantitative estimate of drug-likeness (QED) is 0.360. The summed E-state index contributed by atoms with van der Waals surface area (Å²) in [7, 11) is 0. The second-order valence-corrected chi connectivity index (χ2v) is 8.12. The van der Waals surface area contributed by atoms with Gasteiger partial charge in [-0.25, -0.2) is 13.6 Å². The van der Waals surface area contributed by atoms with Gasteiger partial charge >= 0.3 is 5.97 Å². The van der Waals surface area contributed by atoms with Crippen molar-refractivity contribution in [1.82, 2.24) is 0 Å². The maximum atomic E-state index is 14.4. The summed E-state index contributed by atoms with van der Waals surface area (Å²) in [5, 5.41) is 8.74. The minimum atomic E-state index is -0.946. The summed E-state index contributed by atoms with van der Waals surface area (Å²) < 4.78 is 38.9. The molecular formula is C25H27F2NO3. The Labute approximate surface area is 181 Å². The molecule has 0 heterocycles. The molecule has 0 spiro atoms. The summed E-state index contributed by atoms with van der Waals surface area (Å²) in [6.07, 6.45) is 8.54. The van der Waals surface area contributed by atoms with Crippen LogP contribution in [-0.2, 0) is 0 Å². The first-order valence-corrected chi connectivity index (χ1v) is 10.8. The number of ether oxygens (including phenoxy) is 2. The molecule has 0 atom stereocenters. The van der Waals surface area contributed by atoms with Crippen molar-refractivity contribution in [3.8, 4) is 17.6 Å². The van der Waals surface area contributed by atoms with E-state index in [2.05, 4.69) is 6.92 Å². The largest absolute Gasteiger partial charge is 0.493 e. The number of carbonyl (C=O) groups is 1. The van der Waals surface area contributed by atoms with Gasteiger partial charge in [0.1, 0.15) is 29.2 Å². The van der Waals surface area contributed by atoms with E-state index in [-0.39, 0.29) is 16.9 Å². The van der Waals surface area contributed by atoms with E-state index in [1.807, 2.05) is 0 Å². The first kappa shape index (κ1) is 22.7. The zero-order chi connectivity index (χ0) is 22.2. The van der Waals surface area contributed by atoms with Crippen LogP contribution in [0.3, 0.4) is 0 Å². The first-order valence-electron chi connectivity index (χ1n) is 10.8. The lowest BCUT2D eigenvalue weighted by atomic mass is 9.80. The third kappa shape index (κ3) is 6.27. The number of hydrogen-bond acceptors (Lipinski definition) is 4. The third-order valence-corrected chi connectivity index (χ3v) is 5.85. The van der Waals surface area contributed by atoms with Gasteiger partial charge in [-0.3, -0.25) is 0 Å². The van der Waals surface area contributed by atoms with Gasteiger partial charge in [-0.1, -0.05) is 39.0 Å². The Kier molecular flexibility index (Phi) is 8.00. The smallest absolute Gasteiger partial charge is 0.346 e. The fourth-order valence-corrected chi connectivity index (χ4v) is 3.96. The van der Waals surface area contributed by atoms with Crippen molar-refractivity contribution < 1.29 is 23.0 Å². The predicted octanol–water partition coefficient (Wildman–Crippen LogP) is 6.43. The highest BCUT2D eigenvalue weighted by Crippen LogP contribution is 2.32. The molecule has 4 nitrogen and oxygen atoms in total. The van der Waals surface area contributed by atoms with Crippen LogP contribution >= 0.6 is 0 Å². The van der Waals surface area contributed by atoms with Crippen LogP contribution < -0.4 is 9.47 Å². The second kappa shape index (κ2) is 10.9. The molecule has 0 saturated heterocycles. The molecule has 1 aliphatic rings. The van der Waals surface area contributed by atoms with Crippen molar-refractivity contribution in [3.63, 3.8) is 0 Å². The number of benzene rings is 2. The van der Waals surface area contributed by atoms with E-state index in [1.165, 1.54) is 62.4 Å². The van der Waals surface area contributed by atoms with E-state index in [0.29, 0.717) is 18.3 Å². The van der Waals surface area contributed by atoms with Crippen LogP contribution in [0.2, 0.25) is 0 Å². The fourth-order valence-electron chi connectivity index (χ4n) is 3.96. The highest BCUT2D eigenvalue weighted by atomic mass is 19.1. The Balaban J connectivity index is 1.52. The fraction of sp³-hybridized carbons (Fsp3) is 0.440. The number of unbranched alkanes of at least 4 members (excludes halogenated alkanes) is 1. The van der Waals surface area contributed by atoms with Crippen molar-refractivity contribution >= 4 is 5.97 Å². The number of nitrogens with zero attached hydrogens (tertiary/aromatic N) is 1. The molecule has 3 rings (SSSR count). The lowest BCUT2D eigenvalue weighted by Crippen LogP contribution is -2.20. The molecule has 1 fully saturated rings. The number of hydrogen-bond donors (Lipinski definition) is 0. The third-order valence-electron chi connectivity index (χ3n) is 5.85. The van der Waals surface area contributed by atoms with E-state index in [4.69, 9.17) is 14.7 Å². The molecule has 0 aromatic heterocycles. The van der Waals surface area contributed by atoms with E-state index < -0.39 is 17.6 Å². The molecule has 0 amide bonds. The zero-order valence-corrected chi connectivity index (χ0v) is 17.7. The Morgan fingerprint density at radius 3 is 2.35 bits per heavy atom. The normalized spacial score (nSPS) is 18.3. The molecule has 0 unspecified atom stereocenters. The van der Waals surface area contributed by atoms with E-state index >= 15 is 0 Å². The molecular weight excluding hydrogens is 400 g/mol. The van der Waals surface area contributed by atoms with Gasteiger partial charge in [0.25, 0.3) is 0 Å². The summed E-state index contributed by atoms with van der Waals surface area (Å²) in [4.78, 5) is 12.2. The van der Waals surface area contributed by atoms with Crippen molar-refractivity contribution in [1.29, 1.82) is 5.26 Å². The molecule has 2 aromatic carbocycles. The summed E-state index contributed by atoms with van der Waals surface area (Å²) in [6.45, 7) is 2.75. The van der Waals surface area contributed by atoms with E-state index in [9.17, 15) is 13.6 Å². The average Bonchev–Trinajstić information content (AvgIpc) is 2.77. The van der Waals surface area contributed by atoms with Crippen molar-refractivity contribution in [3.05, 3.63) is 59.2 Å². The SMILES string of the molecule is CCCCC1CCC(COc2ccc(C(=O)Oc3ccc(C#N)c(F)c3)c(F)c2)CC1. The maximum Gasteiger partial charge on any atom is 0.346 e. The van der Waals surface area contributed by atoms with Crippen molar-refractivity contribution in [2.75, 3.05) is 6.61 Å². The van der Waals surface area contributed by atoms with Gasteiger partial charge in [-0.05, 0) is 48.9 Å². The molecule has 0 bridgehead atoms. The van der Waals surface area contributed by atoms with Gasteiger partial charge in [-0.2, -0.15) is 5.26 Å². The number of halogens is 2. The number of carbonyl (C=O) groups excluding carboxylic acids is 1. The summed E-state index contributed by atoms with van der Waals surface area (Å²) in [5.41, 5.74) is -0.435. The van der Waals surface area contributed by atoms with Gasteiger partial charge in [0.05, 0.1) is 17.7 Å². The molecule has 2 aromatic rings. The van der Waals surface area contributed by atoms with E-state index in [1.54, 1.807) is 6.07 Å². The van der Waals surface area contributed by atoms with Crippen LogP contribution in [-0.4, -0.2) is 12.6 Å². The monoisotopic (exact) mass is 427 g/mol. The lowest BCUT2D eigenvalue weighted by Gasteiger charge is -2.28. The van der Waals surface area contributed by atoms with Crippen LogP contribution in [0.5, 0.6) is 11.5 Å². The minimum Gasteiger partial charge on any atom is -0.493 e. The highest BCUT2D eigenvalue weighted by molar-refractivity contribution is 5.91. The van der Waals surface area contributed by atoms with Gasteiger partial charge in [0.15, 0.2) is 0 Å². The Hall–Kier alpha value is -2.94. The Morgan fingerprint density at radius 1 is 1.03 bits per heavy atom. The van der Waals surface area contributed by atoms with Gasteiger partial charge < -0.3 is 9.47 Å². The van der Waals surface area contributed by atoms with E-state index in [0.717, 1.165) is 24.8 Å². The molecule has 0 radical (unpaired) electrons. The topological polar surface area (TPSA) is 59.3 Å². The molecule has 31 heavy (non-hydrogen) atoms. The lowest BCUT2D eigenvalue weighted by molar-refractivity contribution is 0.0729. The average molecular weight is 427 g/mol. The van der Waals surface area contributed by atoms with Crippen LogP contribution in [0, 0.1) is 34.8 Å². The van der Waals surface area contributed by atoms with Crippen molar-refractivity contribution in [2.45, 2.75) is 51.9 Å². The summed E-state index contributed by atoms with van der Waals surface area (Å²) in [6, 6.07) is 9.08. The number of rotatable bonds is 8. The van der Waals surface area contributed by atoms with Crippen LogP contribution in [0.4, 0.5) is 8.78 Å². The molecule has 1 aliphatic carbocycles. The first-order chi connectivity index (χ1) is 15.0. The maximum absolute atomic E-state index is 14.4. The van der Waals surface area contributed by atoms with Crippen molar-refractivity contribution in [2.24, 2.45) is 11.8 Å². The minimum absolute atomic E-state index is 0.101. The van der Waals surface area contributed by atoms with Crippen LogP contribution in [0.1, 0.15) is 67.8 Å². The Morgan fingerprint density at radius 2 is 1.71 bits per heavy atom. The molecule has 6 heteroatoms. The second-order valence-electron chi connectivity index (χ2n) is 8.12. The van der Waals surface area contributed by atoms with Gasteiger partial charge in [0, 0.05) is 12.1 Å². The molecule has 164 valence electrons. The summed E-state index contributed by atoms with van der Waals surface area (Å²) >= 11 is 0. The number of esters is 1. The predicted molar refractivity (Wildman–Crippen MR) is 113 cm³/mol. The Bertz CT molecular complexity index is 946.